The van der Waals surface area contributed by atoms with Gasteiger partial charge in [0.1, 0.15) is 0 Å². The van der Waals surface area contributed by atoms with Gasteiger partial charge in [0.15, 0.2) is 0 Å². The summed E-state index contributed by atoms with van der Waals surface area (Å²) in [6.07, 6.45) is 1.09. The van der Waals surface area contributed by atoms with E-state index in [-0.39, 0.29) is 0 Å². The molecule has 1 rings (SSSR count). The van der Waals surface area contributed by atoms with Crippen molar-refractivity contribution in [3.05, 3.63) is 27.3 Å². The third-order valence-corrected chi connectivity index (χ3v) is 3.51. The molecule has 0 aromatic heterocycles. The first-order valence-corrected chi connectivity index (χ1v) is 4.74. The van der Waals surface area contributed by atoms with Gasteiger partial charge in [0, 0.05) is 8.47 Å². The first-order valence-electron chi connectivity index (χ1n) is 3.22. The second kappa shape index (κ2) is 3.62. The van der Waals surface area contributed by atoms with Crippen LogP contribution in [0.5, 0.6) is 0 Å². The van der Waals surface area contributed by atoms with E-state index in [4.69, 9.17) is 0 Å². The highest BCUT2D eigenvalue weighted by Gasteiger charge is 1.98. The third kappa shape index (κ3) is 1.66. The highest BCUT2D eigenvalue weighted by Crippen LogP contribution is 2.20. The van der Waals surface area contributed by atoms with Crippen LogP contribution in [0.3, 0.4) is 0 Å². The van der Waals surface area contributed by atoms with Crippen LogP contribution in [0.25, 0.3) is 0 Å². The van der Waals surface area contributed by atoms with Gasteiger partial charge >= 0.3 is 0 Å². The summed E-state index contributed by atoms with van der Waals surface area (Å²) in [5.41, 5.74) is 1.38. The van der Waals surface area contributed by atoms with E-state index in [1.165, 1.54) is 9.13 Å². The second-order valence-corrected chi connectivity index (χ2v) is 3.66. The molecule has 1 aromatic rings. The van der Waals surface area contributed by atoms with Gasteiger partial charge < -0.3 is 0 Å². The van der Waals surface area contributed by atoms with Gasteiger partial charge in [0.2, 0.25) is 0 Å². The highest BCUT2D eigenvalue weighted by molar-refractivity contribution is 14.1. The third-order valence-electron chi connectivity index (χ3n) is 1.44. The van der Waals surface area contributed by atoms with Crippen LogP contribution in [-0.2, 0) is 6.42 Å². The van der Waals surface area contributed by atoms with Crippen LogP contribution in [0.4, 0.5) is 0 Å². The molecule has 0 radical (unpaired) electrons. The first kappa shape index (κ1) is 8.40. The van der Waals surface area contributed by atoms with Crippen LogP contribution in [0.15, 0.2) is 23.1 Å². The minimum absolute atomic E-state index is 1.08. The van der Waals surface area contributed by atoms with E-state index in [1.807, 2.05) is 12.1 Å². The van der Waals surface area contributed by atoms with Crippen LogP contribution >= 0.6 is 35.2 Å². The smallest absolute Gasteiger partial charge is 0.0295 e. The van der Waals surface area contributed by atoms with Crippen LogP contribution in [0, 0.1) is 3.57 Å². The summed E-state index contributed by atoms with van der Waals surface area (Å²) >= 11 is 6.64. The van der Waals surface area contributed by atoms with E-state index in [2.05, 4.69) is 48.2 Å². The summed E-state index contributed by atoms with van der Waals surface area (Å²) < 4.78 is 1.28. The maximum Gasteiger partial charge on any atom is 0.0295 e. The number of rotatable bonds is 1. The van der Waals surface area contributed by atoms with Crippen LogP contribution in [0.1, 0.15) is 12.5 Å². The molecule has 0 fully saturated rings. The van der Waals surface area contributed by atoms with Crippen molar-refractivity contribution in [1.82, 2.24) is 0 Å². The van der Waals surface area contributed by atoms with E-state index in [0.717, 1.165) is 11.3 Å². The minimum atomic E-state index is 1.08. The Morgan fingerprint density at radius 1 is 1.50 bits per heavy atom. The van der Waals surface area contributed by atoms with Gasteiger partial charge in [0.25, 0.3) is 0 Å². The monoisotopic (exact) mass is 264 g/mol. The van der Waals surface area contributed by atoms with E-state index in [9.17, 15) is 0 Å². The van der Waals surface area contributed by atoms with Crippen molar-refractivity contribution in [3.63, 3.8) is 0 Å². The Labute approximate surface area is 80.6 Å². The minimum Gasteiger partial charge on any atom is -0.142 e. The summed E-state index contributed by atoms with van der Waals surface area (Å²) in [7, 11) is 0. The predicted octanol–water partition coefficient (Wildman–Crippen LogP) is 3.14. The maximum absolute atomic E-state index is 4.31. The first-order chi connectivity index (χ1) is 4.75. The van der Waals surface area contributed by atoms with Crippen LogP contribution < -0.4 is 0 Å². The van der Waals surface area contributed by atoms with Gasteiger partial charge in [-0.3, -0.25) is 0 Å². The number of halogens is 1. The molecule has 0 aliphatic rings. The molecule has 0 saturated heterocycles. The lowest BCUT2D eigenvalue weighted by Crippen LogP contribution is -1.85. The lowest BCUT2D eigenvalue weighted by Gasteiger charge is -2.01. The normalized spacial score (nSPS) is 9.90. The fourth-order valence-electron chi connectivity index (χ4n) is 0.839. The summed E-state index contributed by atoms with van der Waals surface area (Å²) in [5.74, 6) is 0. The SMILES string of the molecule is CCc1cccc(S)c1I. The summed E-state index contributed by atoms with van der Waals surface area (Å²) in [6, 6.07) is 6.20. The Morgan fingerprint density at radius 2 is 2.20 bits per heavy atom. The Kier molecular flexibility index (Phi) is 3.04. The Balaban J connectivity index is 3.14. The summed E-state index contributed by atoms with van der Waals surface area (Å²) in [6.45, 7) is 2.16. The van der Waals surface area contributed by atoms with E-state index in [1.54, 1.807) is 0 Å². The van der Waals surface area contributed by atoms with E-state index >= 15 is 0 Å². The second-order valence-electron chi connectivity index (χ2n) is 2.10. The number of aryl methyl sites for hydroxylation is 1. The molecule has 0 nitrogen and oxygen atoms in total. The van der Waals surface area contributed by atoms with Crippen molar-refractivity contribution in [2.75, 3.05) is 0 Å². The zero-order valence-electron chi connectivity index (χ0n) is 5.76. The molecular weight excluding hydrogens is 255 g/mol. The molecule has 0 bridgehead atoms. The van der Waals surface area contributed by atoms with Crippen LogP contribution in [0.2, 0.25) is 0 Å². The molecule has 0 saturated carbocycles. The molecule has 0 unspecified atom stereocenters. The van der Waals surface area contributed by atoms with Gasteiger partial charge in [0.05, 0.1) is 0 Å². The van der Waals surface area contributed by atoms with Gasteiger partial charge in [-0.05, 0) is 40.6 Å². The highest BCUT2D eigenvalue weighted by atomic mass is 127. The average molecular weight is 264 g/mol. The number of hydrogen-bond donors (Lipinski definition) is 1. The standard InChI is InChI=1S/C8H9IS/c1-2-6-4-3-5-7(10)8(6)9/h3-5,10H,2H2,1H3. The quantitative estimate of drug-likeness (QED) is 0.584. The van der Waals surface area contributed by atoms with Gasteiger partial charge in [-0.2, -0.15) is 0 Å². The lowest BCUT2D eigenvalue weighted by atomic mass is 10.2. The van der Waals surface area contributed by atoms with Crippen molar-refractivity contribution >= 4 is 35.2 Å². The zero-order valence-corrected chi connectivity index (χ0v) is 8.82. The molecule has 0 spiro atoms. The molecule has 0 aliphatic carbocycles. The molecule has 10 heavy (non-hydrogen) atoms. The molecule has 0 aliphatic heterocycles. The van der Waals surface area contributed by atoms with Crippen molar-refractivity contribution < 1.29 is 0 Å². The fourth-order valence-corrected chi connectivity index (χ4v) is 1.81. The van der Waals surface area contributed by atoms with Crippen LogP contribution in [-0.4, -0.2) is 0 Å². The zero-order chi connectivity index (χ0) is 7.56. The largest absolute Gasteiger partial charge is 0.142 e. The lowest BCUT2D eigenvalue weighted by molar-refractivity contribution is 1.10. The van der Waals surface area contributed by atoms with E-state index < -0.39 is 0 Å². The predicted molar refractivity (Wildman–Crippen MR) is 55.8 cm³/mol. The van der Waals surface area contributed by atoms with Crippen molar-refractivity contribution in [2.24, 2.45) is 0 Å². The van der Waals surface area contributed by atoms with Gasteiger partial charge in [-0.15, -0.1) is 12.6 Å². The fraction of sp³-hybridized carbons (Fsp3) is 0.250. The van der Waals surface area contributed by atoms with Gasteiger partial charge in [-0.1, -0.05) is 19.1 Å². The molecule has 1 aromatic carbocycles. The van der Waals surface area contributed by atoms with Crippen molar-refractivity contribution in [1.29, 1.82) is 0 Å². The molecule has 0 heterocycles. The molecular formula is C8H9IS. The number of thiol groups is 1. The maximum atomic E-state index is 4.31. The molecule has 0 N–H and O–H groups in total. The van der Waals surface area contributed by atoms with Gasteiger partial charge in [-0.25, -0.2) is 0 Å². The Hall–Kier alpha value is 0.300. The van der Waals surface area contributed by atoms with Crippen molar-refractivity contribution in [3.8, 4) is 0 Å². The Morgan fingerprint density at radius 3 is 2.70 bits per heavy atom. The summed E-state index contributed by atoms with van der Waals surface area (Å²) in [5, 5.41) is 0. The van der Waals surface area contributed by atoms with E-state index in [0.29, 0.717) is 0 Å². The molecule has 0 atom stereocenters. The molecule has 54 valence electrons. The number of hydrogen-bond acceptors (Lipinski definition) is 1. The average Bonchev–Trinajstić information content (AvgIpc) is 1.95. The topological polar surface area (TPSA) is 0 Å². The van der Waals surface area contributed by atoms with Crippen molar-refractivity contribution in [2.45, 2.75) is 18.2 Å². The summed E-state index contributed by atoms with van der Waals surface area (Å²) in [4.78, 5) is 1.08. The molecule has 2 heteroatoms. The number of benzene rings is 1. The Bertz CT molecular complexity index is 233. The molecule has 0 amide bonds.